The number of morpholine rings is 1. The molecule has 2 saturated heterocycles. The number of nitrogens with zero attached hydrogens (tertiary/aromatic N) is 2. The number of thioether (sulfide) groups is 1. The van der Waals surface area contributed by atoms with Gasteiger partial charge >= 0.3 is 0 Å². The summed E-state index contributed by atoms with van der Waals surface area (Å²) in [5.74, 6) is 0.450. The molecule has 2 aliphatic rings. The Labute approximate surface area is 157 Å². The molecule has 0 radical (unpaired) electrons. The van der Waals surface area contributed by atoms with Crippen LogP contribution in [0.2, 0.25) is 0 Å². The second-order valence-corrected chi connectivity index (χ2v) is 7.42. The van der Waals surface area contributed by atoms with E-state index in [0.29, 0.717) is 39.3 Å². The van der Waals surface area contributed by atoms with Crippen LogP contribution < -0.4 is 5.32 Å². The molecule has 2 aliphatic heterocycles. The summed E-state index contributed by atoms with van der Waals surface area (Å²) in [4.78, 5) is 27.8. The fourth-order valence-corrected chi connectivity index (χ4v) is 4.05. The summed E-state index contributed by atoms with van der Waals surface area (Å²) in [6.45, 7) is 4.47. The standard InChI is InChI=1S/C18H24FN3O3S/c19-15-3-1-14(2-4-15)16(21-7-10-25-11-8-21)13-20-17(23)5-6-22-9-12-26-18(22)24/h1-4,16H,5-13H2,(H,20,23). The van der Waals surface area contributed by atoms with Crippen molar-refractivity contribution in [2.24, 2.45) is 0 Å². The third-order valence-electron chi connectivity index (χ3n) is 4.69. The van der Waals surface area contributed by atoms with E-state index in [1.54, 1.807) is 17.0 Å². The zero-order chi connectivity index (χ0) is 18.4. The molecular formula is C18H24FN3O3S. The van der Waals surface area contributed by atoms with Crippen LogP contribution in [0.4, 0.5) is 9.18 Å². The molecule has 6 nitrogen and oxygen atoms in total. The third kappa shape index (κ3) is 5.18. The number of carbonyl (C=O) groups is 2. The highest BCUT2D eigenvalue weighted by Gasteiger charge is 2.24. The molecule has 0 aliphatic carbocycles. The minimum atomic E-state index is -0.272. The molecule has 0 saturated carbocycles. The lowest BCUT2D eigenvalue weighted by Crippen LogP contribution is -2.44. The highest BCUT2D eigenvalue weighted by molar-refractivity contribution is 8.13. The van der Waals surface area contributed by atoms with Gasteiger partial charge in [0.1, 0.15) is 5.82 Å². The van der Waals surface area contributed by atoms with Gasteiger partial charge < -0.3 is 15.0 Å². The monoisotopic (exact) mass is 381 g/mol. The topological polar surface area (TPSA) is 61.9 Å². The van der Waals surface area contributed by atoms with E-state index in [9.17, 15) is 14.0 Å². The molecule has 1 unspecified atom stereocenters. The molecule has 3 rings (SSSR count). The van der Waals surface area contributed by atoms with Gasteiger partial charge in [-0.25, -0.2) is 4.39 Å². The minimum absolute atomic E-state index is 0.0209. The first-order valence-electron chi connectivity index (χ1n) is 8.89. The largest absolute Gasteiger partial charge is 0.379 e. The SMILES string of the molecule is O=C(CCN1CCSC1=O)NCC(c1ccc(F)cc1)N1CCOCC1. The number of benzene rings is 1. The fraction of sp³-hybridized carbons (Fsp3) is 0.556. The van der Waals surface area contributed by atoms with Crippen molar-refractivity contribution in [1.29, 1.82) is 0 Å². The second kappa shape index (κ2) is 9.34. The zero-order valence-corrected chi connectivity index (χ0v) is 15.5. The van der Waals surface area contributed by atoms with Crippen molar-refractivity contribution in [3.8, 4) is 0 Å². The number of rotatable bonds is 7. The summed E-state index contributed by atoms with van der Waals surface area (Å²) in [6.07, 6.45) is 0.297. The molecule has 1 aromatic carbocycles. The zero-order valence-electron chi connectivity index (χ0n) is 14.7. The van der Waals surface area contributed by atoms with E-state index in [1.807, 2.05) is 0 Å². The quantitative estimate of drug-likeness (QED) is 0.781. The van der Waals surface area contributed by atoms with Gasteiger partial charge in [-0.3, -0.25) is 14.5 Å². The molecule has 0 bridgehead atoms. The molecule has 26 heavy (non-hydrogen) atoms. The van der Waals surface area contributed by atoms with Crippen molar-refractivity contribution < 1.29 is 18.7 Å². The van der Waals surface area contributed by atoms with Crippen LogP contribution in [-0.2, 0) is 9.53 Å². The molecule has 2 fully saturated rings. The predicted molar refractivity (Wildman–Crippen MR) is 98.6 cm³/mol. The summed E-state index contributed by atoms with van der Waals surface area (Å²) in [7, 11) is 0. The number of amides is 2. The van der Waals surface area contributed by atoms with Gasteiger partial charge in [0.15, 0.2) is 0 Å². The first kappa shape index (κ1) is 19.1. The van der Waals surface area contributed by atoms with Crippen LogP contribution >= 0.6 is 11.8 Å². The van der Waals surface area contributed by atoms with Crippen molar-refractivity contribution in [1.82, 2.24) is 15.1 Å². The van der Waals surface area contributed by atoms with Crippen LogP contribution in [0.3, 0.4) is 0 Å². The van der Waals surface area contributed by atoms with Gasteiger partial charge in [-0.05, 0) is 17.7 Å². The maximum Gasteiger partial charge on any atom is 0.281 e. The minimum Gasteiger partial charge on any atom is -0.379 e. The first-order valence-corrected chi connectivity index (χ1v) is 9.88. The lowest BCUT2D eigenvalue weighted by atomic mass is 10.0. The van der Waals surface area contributed by atoms with E-state index >= 15 is 0 Å². The molecule has 2 amide bonds. The maximum atomic E-state index is 13.2. The van der Waals surface area contributed by atoms with Crippen molar-refractivity contribution in [3.05, 3.63) is 35.6 Å². The van der Waals surface area contributed by atoms with E-state index in [2.05, 4.69) is 10.2 Å². The van der Waals surface area contributed by atoms with Crippen molar-refractivity contribution in [2.75, 3.05) is 51.7 Å². The third-order valence-corrected chi connectivity index (χ3v) is 5.58. The average molecular weight is 381 g/mol. The van der Waals surface area contributed by atoms with Gasteiger partial charge in [0.25, 0.3) is 5.24 Å². The first-order chi connectivity index (χ1) is 12.6. The van der Waals surface area contributed by atoms with Gasteiger partial charge in [-0.2, -0.15) is 0 Å². The summed E-state index contributed by atoms with van der Waals surface area (Å²) >= 11 is 1.30. The lowest BCUT2D eigenvalue weighted by molar-refractivity contribution is -0.121. The molecule has 2 heterocycles. The highest BCUT2D eigenvalue weighted by atomic mass is 32.2. The number of hydrogen-bond donors (Lipinski definition) is 1. The summed E-state index contributed by atoms with van der Waals surface area (Å²) in [6, 6.07) is 6.40. The number of ether oxygens (including phenoxy) is 1. The van der Waals surface area contributed by atoms with Crippen molar-refractivity contribution >= 4 is 22.9 Å². The Morgan fingerprint density at radius 1 is 1.23 bits per heavy atom. The van der Waals surface area contributed by atoms with Crippen LogP contribution in [0.25, 0.3) is 0 Å². The number of nitrogens with one attached hydrogen (secondary N) is 1. The molecule has 1 N–H and O–H groups in total. The summed E-state index contributed by atoms with van der Waals surface area (Å²) < 4.78 is 18.7. The molecule has 8 heteroatoms. The number of carbonyl (C=O) groups excluding carboxylic acids is 2. The Morgan fingerprint density at radius 3 is 2.62 bits per heavy atom. The van der Waals surface area contributed by atoms with Crippen molar-refractivity contribution in [3.63, 3.8) is 0 Å². The second-order valence-electron chi connectivity index (χ2n) is 6.37. The fourth-order valence-electron chi connectivity index (χ4n) is 3.20. The molecule has 1 atom stereocenters. The number of hydrogen-bond acceptors (Lipinski definition) is 5. The van der Waals surface area contributed by atoms with Crippen LogP contribution in [0.1, 0.15) is 18.0 Å². The average Bonchev–Trinajstić information content (AvgIpc) is 3.07. The van der Waals surface area contributed by atoms with Gasteiger partial charge in [0, 0.05) is 44.9 Å². The predicted octanol–water partition coefficient (Wildman–Crippen LogP) is 1.87. The van der Waals surface area contributed by atoms with Crippen LogP contribution in [0, 0.1) is 5.82 Å². The highest BCUT2D eigenvalue weighted by Crippen LogP contribution is 2.22. The Hall–Kier alpha value is -1.64. The molecule has 0 spiro atoms. The van der Waals surface area contributed by atoms with Gasteiger partial charge in [-0.1, -0.05) is 23.9 Å². The Kier molecular flexibility index (Phi) is 6.87. The molecular weight excluding hydrogens is 357 g/mol. The smallest absolute Gasteiger partial charge is 0.281 e. The van der Waals surface area contributed by atoms with Gasteiger partial charge in [0.05, 0.1) is 19.3 Å². The van der Waals surface area contributed by atoms with E-state index in [-0.39, 0.29) is 23.0 Å². The van der Waals surface area contributed by atoms with E-state index in [1.165, 1.54) is 23.9 Å². The Morgan fingerprint density at radius 2 is 1.96 bits per heavy atom. The normalized spacial score (nSPS) is 19.6. The Balaban J connectivity index is 1.55. The van der Waals surface area contributed by atoms with Crippen molar-refractivity contribution in [2.45, 2.75) is 12.5 Å². The molecule has 142 valence electrons. The van der Waals surface area contributed by atoms with Gasteiger partial charge in [0.2, 0.25) is 5.91 Å². The van der Waals surface area contributed by atoms with Crippen LogP contribution in [-0.4, -0.2) is 72.6 Å². The number of halogens is 1. The molecule has 1 aromatic rings. The summed E-state index contributed by atoms with van der Waals surface area (Å²) in [5, 5.41) is 3.02. The Bertz CT molecular complexity index is 623. The van der Waals surface area contributed by atoms with E-state index in [4.69, 9.17) is 4.74 Å². The lowest BCUT2D eigenvalue weighted by Gasteiger charge is -2.35. The van der Waals surface area contributed by atoms with Gasteiger partial charge in [-0.15, -0.1) is 0 Å². The summed E-state index contributed by atoms with van der Waals surface area (Å²) in [5.41, 5.74) is 0.972. The van der Waals surface area contributed by atoms with Crippen LogP contribution in [0.15, 0.2) is 24.3 Å². The molecule has 0 aromatic heterocycles. The van der Waals surface area contributed by atoms with Crippen LogP contribution in [0.5, 0.6) is 0 Å². The van der Waals surface area contributed by atoms with E-state index in [0.717, 1.165) is 24.4 Å². The maximum absolute atomic E-state index is 13.2. The van der Waals surface area contributed by atoms with E-state index < -0.39 is 0 Å².